The number of hydrogen-bond acceptors (Lipinski definition) is 2. The molecular formula is C12H14O2. The molecule has 74 valence electrons. The van der Waals surface area contributed by atoms with Crippen molar-refractivity contribution in [2.75, 3.05) is 0 Å². The van der Waals surface area contributed by atoms with E-state index in [0.29, 0.717) is 12.8 Å². The van der Waals surface area contributed by atoms with Crippen LogP contribution in [0, 0.1) is 0 Å². The summed E-state index contributed by atoms with van der Waals surface area (Å²) in [6.07, 6.45) is 15.3. The minimum atomic E-state index is -1.16. The van der Waals surface area contributed by atoms with Crippen LogP contribution < -0.4 is 0 Å². The Kier molecular flexibility index (Phi) is 2.17. The molecule has 0 amide bonds. The van der Waals surface area contributed by atoms with Gasteiger partial charge in [-0.15, -0.1) is 0 Å². The third-order valence-corrected chi connectivity index (χ3v) is 2.85. The van der Waals surface area contributed by atoms with Crippen molar-refractivity contribution >= 4 is 0 Å². The Hall–Kier alpha value is -1.12. The Morgan fingerprint density at radius 2 is 1.14 bits per heavy atom. The average molecular weight is 190 g/mol. The van der Waals surface area contributed by atoms with Gasteiger partial charge >= 0.3 is 0 Å². The van der Waals surface area contributed by atoms with Crippen LogP contribution in [0.25, 0.3) is 0 Å². The molecule has 0 aromatic carbocycles. The summed E-state index contributed by atoms with van der Waals surface area (Å²) >= 11 is 0. The summed E-state index contributed by atoms with van der Waals surface area (Å²) in [5.74, 6) is 0. The van der Waals surface area contributed by atoms with Gasteiger partial charge in [-0.05, 0) is 12.2 Å². The lowest BCUT2D eigenvalue weighted by Gasteiger charge is -2.40. The van der Waals surface area contributed by atoms with Crippen LogP contribution in [-0.4, -0.2) is 21.4 Å². The molecule has 0 spiro atoms. The first kappa shape index (κ1) is 9.44. The minimum absolute atomic E-state index is 0.457. The molecule has 0 heterocycles. The van der Waals surface area contributed by atoms with E-state index in [-0.39, 0.29) is 0 Å². The summed E-state index contributed by atoms with van der Waals surface area (Å²) in [4.78, 5) is 0. The molecule has 0 bridgehead atoms. The number of rotatable bonds is 1. The molecule has 2 aliphatic carbocycles. The zero-order chi connectivity index (χ0) is 10.1. The molecule has 0 unspecified atom stereocenters. The molecule has 0 saturated carbocycles. The minimum Gasteiger partial charge on any atom is -0.382 e. The molecular weight excluding hydrogens is 176 g/mol. The van der Waals surface area contributed by atoms with Crippen molar-refractivity contribution in [1.82, 2.24) is 0 Å². The fourth-order valence-corrected chi connectivity index (χ4v) is 1.86. The van der Waals surface area contributed by atoms with E-state index < -0.39 is 11.2 Å². The highest BCUT2D eigenvalue weighted by Crippen LogP contribution is 2.35. The van der Waals surface area contributed by atoms with Crippen LogP contribution in [0.15, 0.2) is 48.6 Å². The summed E-state index contributed by atoms with van der Waals surface area (Å²) in [7, 11) is 0. The third-order valence-electron chi connectivity index (χ3n) is 2.85. The van der Waals surface area contributed by atoms with E-state index in [0.717, 1.165) is 0 Å². The van der Waals surface area contributed by atoms with Crippen LogP contribution in [0.3, 0.4) is 0 Å². The first-order chi connectivity index (χ1) is 6.66. The Labute approximate surface area is 83.6 Å². The molecule has 2 nitrogen and oxygen atoms in total. The molecule has 2 N–H and O–H groups in total. The summed E-state index contributed by atoms with van der Waals surface area (Å²) in [6.45, 7) is 0. The van der Waals surface area contributed by atoms with E-state index >= 15 is 0 Å². The number of aliphatic hydroxyl groups is 2. The van der Waals surface area contributed by atoms with Crippen molar-refractivity contribution in [3.63, 3.8) is 0 Å². The SMILES string of the molecule is O[C@@]1([C@]2(O)C=CC=CC2)C=CC=CC1. The highest BCUT2D eigenvalue weighted by atomic mass is 16.4. The van der Waals surface area contributed by atoms with Gasteiger partial charge in [0.05, 0.1) is 0 Å². The Balaban J connectivity index is 2.29. The number of hydrogen-bond donors (Lipinski definition) is 2. The van der Waals surface area contributed by atoms with Crippen LogP contribution in [0.4, 0.5) is 0 Å². The Bertz CT molecular complexity index is 304. The second-order valence-electron chi connectivity index (χ2n) is 3.83. The summed E-state index contributed by atoms with van der Waals surface area (Å²) in [5.41, 5.74) is -2.33. The third kappa shape index (κ3) is 1.37. The fourth-order valence-electron chi connectivity index (χ4n) is 1.86. The van der Waals surface area contributed by atoms with Crippen LogP contribution >= 0.6 is 0 Å². The monoisotopic (exact) mass is 190 g/mol. The second-order valence-corrected chi connectivity index (χ2v) is 3.83. The molecule has 2 rings (SSSR count). The van der Waals surface area contributed by atoms with E-state index in [4.69, 9.17) is 0 Å². The highest BCUT2D eigenvalue weighted by molar-refractivity contribution is 5.31. The molecule has 0 radical (unpaired) electrons. The smallest absolute Gasteiger partial charge is 0.119 e. The van der Waals surface area contributed by atoms with Crippen molar-refractivity contribution in [3.8, 4) is 0 Å². The van der Waals surface area contributed by atoms with Gasteiger partial charge in [0.1, 0.15) is 11.2 Å². The van der Waals surface area contributed by atoms with E-state index in [2.05, 4.69) is 0 Å². The summed E-state index contributed by atoms with van der Waals surface area (Å²) < 4.78 is 0. The molecule has 0 aromatic rings. The van der Waals surface area contributed by atoms with E-state index in [9.17, 15) is 10.2 Å². The van der Waals surface area contributed by atoms with Crippen LogP contribution in [-0.2, 0) is 0 Å². The molecule has 0 aliphatic heterocycles. The molecule has 0 saturated heterocycles. The zero-order valence-electron chi connectivity index (χ0n) is 7.93. The van der Waals surface area contributed by atoms with Crippen molar-refractivity contribution in [2.24, 2.45) is 0 Å². The van der Waals surface area contributed by atoms with Crippen LogP contribution in [0.5, 0.6) is 0 Å². The predicted molar refractivity (Wildman–Crippen MR) is 55.7 cm³/mol. The molecule has 2 atom stereocenters. The van der Waals surface area contributed by atoms with Gasteiger partial charge in [0.2, 0.25) is 0 Å². The molecule has 2 aliphatic rings. The van der Waals surface area contributed by atoms with E-state index in [1.807, 2.05) is 24.3 Å². The van der Waals surface area contributed by atoms with Crippen molar-refractivity contribution in [1.29, 1.82) is 0 Å². The standard InChI is InChI=1S/C12H14O2/c13-11(7-3-1-4-8-11)12(14)9-5-2-6-10-12/h1-7,9,13-14H,8,10H2/t11-,12-/m0/s1. The van der Waals surface area contributed by atoms with Gasteiger partial charge in [-0.25, -0.2) is 0 Å². The predicted octanol–water partition coefficient (Wildman–Crippen LogP) is 1.48. The van der Waals surface area contributed by atoms with Crippen molar-refractivity contribution in [3.05, 3.63) is 48.6 Å². The summed E-state index contributed by atoms with van der Waals surface area (Å²) in [5, 5.41) is 20.6. The average Bonchev–Trinajstić information content (AvgIpc) is 2.20. The lowest BCUT2D eigenvalue weighted by atomic mass is 9.75. The maximum Gasteiger partial charge on any atom is 0.119 e. The quantitative estimate of drug-likeness (QED) is 0.657. The maximum atomic E-state index is 10.3. The van der Waals surface area contributed by atoms with Crippen LogP contribution in [0.2, 0.25) is 0 Å². The normalized spacial score (nSPS) is 40.4. The first-order valence-electron chi connectivity index (χ1n) is 4.80. The highest BCUT2D eigenvalue weighted by Gasteiger charge is 2.44. The van der Waals surface area contributed by atoms with Gasteiger partial charge in [-0.2, -0.15) is 0 Å². The van der Waals surface area contributed by atoms with Gasteiger partial charge in [0, 0.05) is 12.8 Å². The molecule has 0 fully saturated rings. The lowest BCUT2D eigenvalue weighted by molar-refractivity contribution is -0.0892. The van der Waals surface area contributed by atoms with Gasteiger partial charge in [0.25, 0.3) is 0 Å². The maximum absolute atomic E-state index is 10.3. The Morgan fingerprint density at radius 3 is 1.43 bits per heavy atom. The molecule has 0 aromatic heterocycles. The van der Waals surface area contributed by atoms with E-state index in [1.54, 1.807) is 24.3 Å². The number of allylic oxidation sites excluding steroid dienone is 4. The zero-order valence-corrected chi connectivity index (χ0v) is 7.93. The van der Waals surface area contributed by atoms with Crippen molar-refractivity contribution in [2.45, 2.75) is 24.0 Å². The van der Waals surface area contributed by atoms with Gasteiger partial charge in [-0.1, -0.05) is 36.5 Å². The van der Waals surface area contributed by atoms with Gasteiger partial charge in [0.15, 0.2) is 0 Å². The summed E-state index contributed by atoms with van der Waals surface area (Å²) in [6, 6.07) is 0. The van der Waals surface area contributed by atoms with Crippen LogP contribution in [0.1, 0.15) is 12.8 Å². The second kappa shape index (κ2) is 3.23. The van der Waals surface area contributed by atoms with E-state index in [1.165, 1.54) is 0 Å². The lowest BCUT2D eigenvalue weighted by Crippen LogP contribution is -2.52. The fraction of sp³-hybridized carbons (Fsp3) is 0.333. The van der Waals surface area contributed by atoms with Gasteiger partial charge < -0.3 is 10.2 Å². The molecule has 2 heteroatoms. The Morgan fingerprint density at radius 1 is 0.714 bits per heavy atom. The van der Waals surface area contributed by atoms with Crippen molar-refractivity contribution < 1.29 is 10.2 Å². The first-order valence-corrected chi connectivity index (χ1v) is 4.80. The molecule has 14 heavy (non-hydrogen) atoms. The van der Waals surface area contributed by atoms with Gasteiger partial charge in [-0.3, -0.25) is 0 Å². The topological polar surface area (TPSA) is 40.5 Å². The largest absolute Gasteiger partial charge is 0.382 e.